The number of ketones is 1. The molecule has 2 aromatic rings. The van der Waals surface area contributed by atoms with E-state index in [0.29, 0.717) is 6.54 Å². The maximum absolute atomic E-state index is 14.6. The van der Waals surface area contributed by atoms with Crippen LogP contribution in [0.25, 0.3) is 10.8 Å². The lowest BCUT2D eigenvalue weighted by molar-refractivity contribution is -0.160. The van der Waals surface area contributed by atoms with Crippen molar-refractivity contribution in [1.82, 2.24) is 10.0 Å². The Morgan fingerprint density at radius 3 is 2.24 bits per heavy atom. The Balaban J connectivity index is 1.93. The van der Waals surface area contributed by atoms with Gasteiger partial charge in [0.05, 0.1) is 41.2 Å². The number of hydrogen-bond donors (Lipinski definition) is 5. The average molecular weight is 868 g/mol. The lowest BCUT2D eigenvalue weighted by Gasteiger charge is -2.38. The molecular formula is C46H65N3O13. The summed E-state index contributed by atoms with van der Waals surface area (Å²) < 4.78 is 29.9. The van der Waals surface area contributed by atoms with Crippen molar-refractivity contribution in [3.8, 4) is 23.0 Å². The van der Waals surface area contributed by atoms with Gasteiger partial charge in [0.25, 0.3) is 17.6 Å². The first-order chi connectivity index (χ1) is 29.1. The minimum absolute atomic E-state index is 0.0613. The van der Waals surface area contributed by atoms with Crippen molar-refractivity contribution in [3.63, 3.8) is 0 Å². The Labute approximate surface area is 364 Å². The molecule has 0 radical (unpaired) electrons. The smallest absolute Gasteiger partial charge is 0.312 e. The molecule has 5 N–H and O–H groups in total. The number of anilines is 1. The zero-order chi connectivity index (χ0) is 46.4. The second kappa shape index (κ2) is 20.8. The van der Waals surface area contributed by atoms with E-state index in [1.54, 1.807) is 59.0 Å². The predicted octanol–water partition coefficient (Wildman–Crippen LogP) is 5.92. The number of aliphatic hydroxyl groups excluding tert-OH is 2. The van der Waals surface area contributed by atoms with E-state index in [0.717, 1.165) is 19.3 Å². The van der Waals surface area contributed by atoms with Crippen LogP contribution in [0.15, 0.2) is 42.2 Å². The van der Waals surface area contributed by atoms with E-state index in [1.807, 2.05) is 0 Å². The Hall–Kier alpha value is -5.16. The molecule has 3 aliphatic rings. The van der Waals surface area contributed by atoms with Crippen molar-refractivity contribution in [2.45, 2.75) is 112 Å². The molecule has 2 amide bonds. The van der Waals surface area contributed by atoms with Gasteiger partial charge in [0.15, 0.2) is 12.4 Å². The number of fused-ring (bicyclic) bond motifs is 14. The van der Waals surface area contributed by atoms with Crippen LogP contribution < -0.4 is 14.8 Å². The van der Waals surface area contributed by atoms with Crippen LogP contribution in [0.4, 0.5) is 5.69 Å². The third-order valence-corrected chi connectivity index (χ3v) is 11.9. The summed E-state index contributed by atoms with van der Waals surface area (Å²) >= 11 is 0. The normalized spacial score (nSPS) is 29.0. The van der Waals surface area contributed by atoms with Gasteiger partial charge in [-0.1, -0.05) is 65.7 Å². The van der Waals surface area contributed by atoms with E-state index >= 15 is 0 Å². The number of Topliss-reactive ketones (excluding diaryl/α,β-unsaturated/α-hetero) is 1. The van der Waals surface area contributed by atoms with E-state index in [2.05, 4.69) is 12.2 Å². The summed E-state index contributed by atoms with van der Waals surface area (Å²) in [5.74, 6) is -8.12. The van der Waals surface area contributed by atoms with Crippen molar-refractivity contribution >= 4 is 40.0 Å². The molecule has 342 valence electrons. The Kier molecular flexibility index (Phi) is 16.6. The molecule has 5 rings (SSSR count). The number of esters is 1. The van der Waals surface area contributed by atoms with Crippen LogP contribution in [0, 0.1) is 30.6 Å². The molecule has 9 atom stereocenters. The highest BCUT2D eigenvalue weighted by Crippen LogP contribution is 2.54. The third kappa shape index (κ3) is 10.5. The van der Waals surface area contributed by atoms with E-state index in [-0.39, 0.29) is 44.7 Å². The molecule has 3 aliphatic heterocycles. The summed E-state index contributed by atoms with van der Waals surface area (Å²) in [5, 5.41) is 51.9. The molecule has 16 nitrogen and oxygen atoms in total. The van der Waals surface area contributed by atoms with E-state index < -0.39 is 95.5 Å². The molecule has 0 saturated carbocycles. The molecule has 0 aliphatic carbocycles. The number of rotatable bonds is 10. The molecule has 9 unspecified atom stereocenters. The number of carbonyl (C=O) groups is 4. The summed E-state index contributed by atoms with van der Waals surface area (Å²) in [7, 11) is 4.90. The van der Waals surface area contributed by atoms with Crippen molar-refractivity contribution in [2.75, 3.05) is 39.7 Å². The highest BCUT2D eigenvalue weighted by atomic mass is 16.7. The number of ether oxygens (including phenoxy) is 5. The van der Waals surface area contributed by atoms with Gasteiger partial charge in [-0.2, -0.15) is 0 Å². The monoisotopic (exact) mass is 867 g/mol. The molecule has 3 heterocycles. The van der Waals surface area contributed by atoms with E-state index in [4.69, 9.17) is 23.7 Å². The largest absolute Gasteiger partial charge is 0.507 e. The van der Waals surface area contributed by atoms with Crippen LogP contribution in [0.1, 0.15) is 90.6 Å². The number of nitrogens with zero attached hydrogens (tertiary/aromatic N) is 2. The summed E-state index contributed by atoms with van der Waals surface area (Å²) in [6.07, 6.45) is 6.19. The van der Waals surface area contributed by atoms with Gasteiger partial charge in [-0.25, -0.2) is 5.01 Å². The van der Waals surface area contributed by atoms with Crippen LogP contribution in [-0.2, 0) is 28.6 Å². The second-order valence-electron chi connectivity index (χ2n) is 16.8. The predicted molar refractivity (Wildman–Crippen MR) is 233 cm³/mol. The molecule has 5 bridgehead atoms. The average Bonchev–Trinajstić information content (AvgIpc) is 3.49. The van der Waals surface area contributed by atoms with Crippen molar-refractivity contribution in [1.29, 1.82) is 0 Å². The number of aromatic hydroxyl groups is 2. The highest BCUT2D eigenvalue weighted by molar-refractivity contribution is 6.21. The Bertz CT molecular complexity index is 2080. The number of benzene rings is 2. The molecule has 0 spiro atoms. The molecule has 0 fully saturated rings. The number of phenolic OH excluding ortho intramolecular Hbond substituents is 2. The Morgan fingerprint density at radius 2 is 1.63 bits per heavy atom. The maximum atomic E-state index is 14.6. The van der Waals surface area contributed by atoms with Gasteiger partial charge in [-0.05, 0) is 26.3 Å². The van der Waals surface area contributed by atoms with Crippen molar-refractivity contribution in [2.24, 2.45) is 23.7 Å². The summed E-state index contributed by atoms with van der Waals surface area (Å²) in [5.41, 5.74) is -0.0244. The second-order valence-corrected chi connectivity index (χ2v) is 16.8. The number of methoxy groups -OCH3 is 1. The molecule has 16 heteroatoms. The Morgan fingerprint density at radius 1 is 0.952 bits per heavy atom. The van der Waals surface area contributed by atoms with Gasteiger partial charge in [0.2, 0.25) is 0 Å². The minimum atomic E-state index is -2.04. The first-order valence-corrected chi connectivity index (χ1v) is 21.1. The number of nitrogens with one attached hydrogen (secondary N) is 1. The number of carbonyl (C=O) groups excluding carboxylic acids is 4. The van der Waals surface area contributed by atoms with Crippen LogP contribution >= 0.6 is 0 Å². The van der Waals surface area contributed by atoms with Crippen molar-refractivity contribution < 1.29 is 63.3 Å². The van der Waals surface area contributed by atoms with E-state index in [9.17, 15) is 39.6 Å². The maximum Gasteiger partial charge on any atom is 0.312 e. The summed E-state index contributed by atoms with van der Waals surface area (Å²) in [6, 6.07) is 1.27. The van der Waals surface area contributed by atoms with Gasteiger partial charge in [0.1, 0.15) is 23.4 Å². The number of aliphatic hydroxyl groups is 2. The number of hydrazine groups is 1. The number of hydrogen-bond acceptors (Lipinski definition) is 14. The molecular weight excluding hydrogens is 803 g/mol. The lowest BCUT2D eigenvalue weighted by atomic mass is 9.78. The third-order valence-electron chi connectivity index (χ3n) is 11.9. The quantitative estimate of drug-likeness (QED) is 0.0812. The SMILES string of the molecule is CCCCCN(C(=O)COc1cc2c(O)c3c(O)c(C)c4c(c13)C(=O)C(C)(O/C=C/C(OC)C(C)C(OC(C)=O)C(C)C(O)C(C)C(O)C(C)/C=C/C=C(/C)C(=O)N2)O4)N(C)C. The topological polar surface area (TPSA) is 214 Å². The summed E-state index contributed by atoms with van der Waals surface area (Å²) in [6.45, 7) is 14.5. The first kappa shape index (κ1) is 49.5. The molecule has 0 aromatic heterocycles. The fourth-order valence-electron chi connectivity index (χ4n) is 8.02. The van der Waals surface area contributed by atoms with Crippen LogP contribution in [0.3, 0.4) is 0 Å². The summed E-state index contributed by atoms with van der Waals surface area (Å²) in [4.78, 5) is 54.2. The highest BCUT2D eigenvalue weighted by Gasteiger charge is 2.50. The molecule has 62 heavy (non-hydrogen) atoms. The fourth-order valence-corrected chi connectivity index (χ4v) is 8.02. The van der Waals surface area contributed by atoms with Crippen molar-refractivity contribution in [3.05, 3.63) is 53.3 Å². The van der Waals surface area contributed by atoms with Crippen LogP contribution in [-0.4, -0.2) is 119 Å². The zero-order valence-electron chi connectivity index (χ0n) is 38.0. The first-order valence-electron chi connectivity index (χ1n) is 21.1. The van der Waals surface area contributed by atoms with Gasteiger partial charge >= 0.3 is 11.8 Å². The van der Waals surface area contributed by atoms with Gasteiger partial charge < -0.3 is 49.4 Å². The standard InChI is InChI=1S/C46H65N3O13/c1-13-14-15-20-49(48(10)11)34(51)23-59-33-22-31-41(55)36-35(33)37-43(29(7)40(36)54)62-46(9,44(37)56)60-21-19-32(58-12)26(4)42(61-30(8)50)28(6)39(53)27(5)38(52)24(2)17-16-18-25(3)45(57)47-31/h16-19,21-22,24,26-28,32,38-39,42,52-55H,13-15,20,23H2,1-12H3,(H,47,57)/b17-16+,21-19+,25-18-. The van der Waals surface area contributed by atoms with Crippen LogP contribution in [0.2, 0.25) is 0 Å². The number of phenols is 2. The van der Waals surface area contributed by atoms with Gasteiger partial charge in [-0.3, -0.25) is 24.2 Å². The molecule has 2 aromatic carbocycles. The van der Waals surface area contributed by atoms with E-state index in [1.165, 1.54) is 64.3 Å². The fraction of sp³-hybridized carbons (Fsp3) is 0.565. The lowest BCUT2D eigenvalue weighted by Crippen LogP contribution is -2.46. The number of allylic oxidation sites excluding steroid dienone is 2. The van der Waals surface area contributed by atoms with Crippen LogP contribution in [0.5, 0.6) is 23.0 Å². The van der Waals surface area contributed by atoms with Gasteiger partial charge in [-0.15, -0.1) is 0 Å². The molecule has 0 saturated heterocycles. The van der Waals surface area contributed by atoms with Gasteiger partial charge in [0, 0.05) is 87.9 Å². The number of unbranched alkanes of at least 4 members (excludes halogenated alkanes) is 2. The minimum Gasteiger partial charge on any atom is -0.507 e. The zero-order valence-corrected chi connectivity index (χ0v) is 38.0. The number of amides is 2.